The maximum atomic E-state index is 13.7. The van der Waals surface area contributed by atoms with Gasteiger partial charge in [0.05, 0.1) is 6.04 Å². The van der Waals surface area contributed by atoms with Crippen LogP contribution in [0.4, 0.5) is 4.39 Å². The van der Waals surface area contributed by atoms with Crippen molar-refractivity contribution in [2.45, 2.75) is 39.3 Å². The molecule has 0 aromatic heterocycles. The van der Waals surface area contributed by atoms with Crippen molar-refractivity contribution >= 4 is 5.91 Å². The lowest BCUT2D eigenvalue weighted by molar-refractivity contribution is -0.128. The van der Waals surface area contributed by atoms with E-state index in [0.29, 0.717) is 6.42 Å². The second-order valence-corrected chi connectivity index (χ2v) is 5.59. The Labute approximate surface area is 136 Å². The SMILES string of the molecule is CCC(Oc1ccccc1F)C(=O)NC(C)c1ccc(C)cc1. The molecule has 0 aliphatic heterocycles. The fourth-order valence-electron chi connectivity index (χ4n) is 2.26. The van der Waals surface area contributed by atoms with E-state index < -0.39 is 11.9 Å². The smallest absolute Gasteiger partial charge is 0.261 e. The highest BCUT2D eigenvalue weighted by molar-refractivity contribution is 5.81. The number of hydrogen-bond acceptors (Lipinski definition) is 2. The van der Waals surface area contributed by atoms with Gasteiger partial charge in [-0.1, -0.05) is 48.9 Å². The molecule has 122 valence electrons. The van der Waals surface area contributed by atoms with Crippen LogP contribution in [0.1, 0.15) is 37.4 Å². The minimum atomic E-state index is -0.722. The summed E-state index contributed by atoms with van der Waals surface area (Å²) >= 11 is 0. The molecule has 0 aliphatic rings. The van der Waals surface area contributed by atoms with Gasteiger partial charge in [0.15, 0.2) is 17.7 Å². The molecule has 0 heterocycles. The minimum Gasteiger partial charge on any atom is -0.478 e. The number of nitrogens with one attached hydrogen (secondary N) is 1. The summed E-state index contributed by atoms with van der Waals surface area (Å²) in [7, 11) is 0. The third-order valence-electron chi connectivity index (χ3n) is 3.71. The van der Waals surface area contributed by atoms with Gasteiger partial charge < -0.3 is 10.1 Å². The van der Waals surface area contributed by atoms with Gasteiger partial charge in [0.1, 0.15) is 0 Å². The summed E-state index contributed by atoms with van der Waals surface area (Å²) in [5.74, 6) is -0.619. The lowest BCUT2D eigenvalue weighted by Gasteiger charge is -2.21. The van der Waals surface area contributed by atoms with Crippen LogP contribution >= 0.6 is 0 Å². The highest BCUT2D eigenvalue weighted by Crippen LogP contribution is 2.19. The number of halogens is 1. The Bertz CT molecular complexity index is 655. The summed E-state index contributed by atoms with van der Waals surface area (Å²) in [6.45, 7) is 5.77. The second kappa shape index (κ2) is 7.77. The molecule has 0 aliphatic carbocycles. The number of rotatable bonds is 6. The summed E-state index contributed by atoms with van der Waals surface area (Å²) in [4.78, 5) is 12.4. The van der Waals surface area contributed by atoms with E-state index in [1.54, 1.807) is 12.1 Å². The molecule has 0 saturated heterocycles. The molecule has 23 heavy (non-hydrogen) atoms. The summed E-state index contributed by atoms with van der Waals surface area (Å²) in [6, 6.07) is 13.9. The number of aryl methyl sites for hydroxylation is 1. The zero-order chi connectivity index (χ0) is 16.8. The van der Waals surface area contributed by atoms with Crippen LogP contribution in [0.15, 0.2) is 48.5 Å². The first-order chi connectivity index (χ1) is 11.0. The summed E-state index contributed by atoms with van der Waals surface area (Å²) in [5.41, 5.74) is 2.19. The Kier molecular flexibility index (Phi) is 5.74. The number of carbonyl (C=O) groups excluding carboxylic acids is 1. The van der Waals surface area contributed by atoms with Crippen molar-refractivity contribution in [3.8, 4) is 5.75 Å². The number of ether oxygens (including phenoxy) is 1. The summed E-state index contributed by atoms with van der Waals surface area (Å²) in [5, 5.41) is 2.92. The van der Waals surface area contributed by atoms with Gasteiger partial charge in [0.25, 0.3) is 5.91 Å². The van der Waals surface area contributed by atoms with Crippen LogP contribution in [0.3, 0.4) is 0 Å². The lowest BCUT2D eigenvalue weighted by Crippen LogP contribution is -2.39. The Morgan fingerprint density at radius 1 is 1.17 bits per heavy atom. The normalized spacial score (nSPS) is 13.2. The van der Waals surface area contributed by atoms with Gasteiger partial charge in [-0.3, -0.25) is 4.79 Å². The molecule has 0 bridgehead atoms. The molecular formula is C19H22FNO2. The van der Waals surface area contributed by atoms with Crippen molar-refractivity contribution in [2.75, 3.05) is 0 Å². The lowest BCUT2D eigenvalue weighted by atomic mass is 10.1. The van der Waals surface area contributed by atoms with E-state index in [4.69, 9.17) is 4.74 Å². The molecule has 3 nitrogen and oxygen atoms in total. The van der Waals surface area contributed by atoms with Crippen molar-refractivity contribution in [1.82, 2.24) is 5.32 Å². The first kappa shape index (κ1) is 17.0. The van der Waals surface area contributed by atoms with E-state index >= 15 is 0 Å². The number of benzene rings is 2. The largest absolute Gasteiger partial charge is 0.478 e. The number of hydrogen-bond donors (Lipinski definition) is 1. The second-order valence-electron chi connectivity index (χ2n) is 5.59. The van der Waals surface area contributed by atoms with Gasteiger partial charge in [0, 0.05) is 0 Å². The van der Waals surface area contributed by atoms with E-state index in [2.05, 4.69) is 5.32 Å². The molecule has 2 aromatic rings. The zero-order valence-corrected chi connectivity index (χ0v) is 13.7. The fourth-order valence-corrected chi connectivity index (χ4v) is 2.26. The monoisotopic (exact) mass is 315 g/mol. The predicted octanol–water partition coefficient (Wildman–Crippen LogP) is 4.17. The highest BCUT2D eigenvalue weighted by atomic mass is 19.1. The molecule has 2 aromatic carbocycles. The van der Waals surface area contributed by atoms with Gasteiger partial charge >= 0.3 is 0 Å². The highest BCUT2D eigenvalue weighted by Gasteiger charge is 2.21. The van der Waals surface area contributed by atoms with Gasteiger partial charge in [0.2, 0.25) is 0 Å². The zero-order valence-electron chi connectivity index (χ0n) is 13.7. The van der Waals surface area contributed by atoms with E-state index in [1.165, 1.54) is 17.7 Å². The van der Waals surface area contributed by atoms with Crippen molar-refractivity contribution in [3.63, 3.8) is 0 Å². The molecule has 2 atom stereocenters. The Balaban J connectivity index is 2.02. The Morgan fingerprint density at radius 3 is 2.43 bits per heavy atom. The average Bonchev–Trinajstić information content (AvgIpc) is 2.54. The van der Waals surface area contributed by atoms with Crippen LogP contribution in [0, 0.1) is 12.7 Å². The van der Waals surface area contributed by atoms with Gasteiger partial charge in [-0.15, -0.1) is 0 Å². The van der Waals surface area contributed by atoms with Crippen LogP contribution < -0.4 is 10.1 Å². The average molecular weight is 315 g/mol. The summed E-state index contributed by atoms with van der Waals surface area (Å²) < 4.78 is 19.2. The maximum absolute atomic E-state index is 13.7. The molecule has 4 heteroatoms. The topological polar surface area (TPSA) is 38.3 Å². The van der Waals surface area contributed by atoms with Gasteiger partial charge in [-0.25, -0.2) is 4.39 Å². The Morgan fingerprint density at radius 2 is 1.83 bits per heavy atom. The molecule has 0 fully saturated rings. The molecule has 1 N–H and O–H groups in total. The van der Waals surface area contributed by atoms with E-state index in [-0.39, 0.29) is 17.7 Å². The van der Waals surface area contributed by atoms with E-state index in [0.717, 1.165) is 5.56 Å². The number of para-hydroxylation sites is 1. The van der Waals surface area contributed by atoms with Crippen molar-refractivity contribution in [2.24, 2.45) is 0 Å². The van der Waals surface area contributed by atoms with Crippen LogP contribution in [-0.2, 0) is 4.79 Å². The third-order valence-corrected chi connectivity index (χ3v) is 3.71. The standard InChI is InChI=1S/C19H22FNO2/c1-4-17(23-18-8-6-5-7-16(18)20)19(22)21-14(3)15-11-9-13(2)10-12-15/h5-12,14,17H,4H2,1-3H3,(H,21,22). The maximum Gasteiger partial charge on any atom is 0.261 e. The number of amides is 1. The first-order valence-electron chi connectivity index (χ1n) is 7.79. The van der Waals surface area contributed by atoms with Crippen molar-refractivity contribution in [3.05, 3.63) is 65.5 Å². The predicted molar refractivity (Wildman–Crippen MR) is 88.8 cm³/mol. The van der Waals surface area contributed by atoms with Gasteiger partial charge in [-0.05, 0) is 38.0 Å². The first-order valence-corrected chi connectivity index (χ1v) is 7.79. The van der Waals surface area contributed by atoms with E-state index in [1.807, 2.05) is 45.0 Å². The third kappa shape index (κ3) is 4.55. The molecule has 2 unspecified atom stereocenters. The van der Waals surface area contributed by atoms with Crippen LogP contribution in [-0.4, -0.2) is 12.0 Å². The number of carbonyl (C=O) groups is 1. The molecule has 0 radical (unpaired) electrons. The molecule has 1 amide bonds. The van der Waals surface area contributed by atoms with Crippen LogP contribution in [0.2, 0.25) is 0 Å². The molecule has 2 rings (SSSR count). The van der Waals surface area contributed by atoms with E-state index in [9.17, 15) is 9.18 Å². The van der Waals surface area contributed by atoms with Crippen LogP contribution in [0.25, 0.3) is 0 Å². The van der Waals surface area contributed by atoms with Gasteiger partial charge in [-0.2, -0.15) is 0 Å². The minimum absolute atomic E-state index is 0.0949. The fraction of sp³-hybridized carbons (Fsp3) is 0.316. The van der Waals surface area contributed by atoms with Crippen molar-refractivity contribution in [1.29, 1.82) is 0 Å². The molecule has 0 spiro atoms. The Hall–Kier alpha value is -2.36. The van der Waals surface area contributed by atoms with Crippen LogP contribution in [0.5, 0.6) is 5.75 Å². The summed E-state index contributed by atoms with van der Waals surface area (Å²) in [6.07, 6.45) is -0.263. The molecule has 0 saturated carbocycles. The molecular weight excluding hydrogens is 293 g/mol. The quantitative estimate of drug-likeness (QED) is 0.869. The van der Waals surface area contributed by atoms with Crippen molar-refractivity contribution < 1.29 is 13.9 Å².